The van der Waals surface area contributed by atoms with Crippen molar-refractivity contribution in [1.29, 1.82) is 0 Å². The number of benzene rings is 1. The Bertz CT molecular complexity index is 581. The highest BCUT2D eigenvalue weighted by Crippen LogP contribution is 2.39. The number of rotatable bonds is 10. The molecule has 0 saturated heterocycles. The normalized spacial score (nSPS) is 14.5. The first-order valence-electron chi connectivity index (χ1n) is 8.42. The van der Waals surface area contributed by atoms with Crippen molar-refractivity contribution >= 4 is 0 Å². The van der Waals surface area contributed by atoms with Crippen LogP contribution in [-0.2, 0) is 17.7 Å². The van der Waals surface area contributed by atoms with Gasteiger partial charge in [0.05, 0.1) is 13.2 Å². The minimum atomic E-state index is 0.516. The van der Waals surface area contributed by atoms with E-state index in [1.54, 1.807) is 7.11 Å². The molecule has 1 saturated carbocycles. The van der Waals surface area contributed by atoms with Gasteiger partial charge in [-0.3, -0.25) is 4.90 Å². The van der Waals surface area contributed by atoms with Crippen LogP contribution in [-0.4, -0.2) is 41.9 Å². The predicted octanol–water partition coefficient (Wildman–Crippen LogP) is 3.03. The number of ether oxygens (including phenoxy) is 1. The summed E-state index contributed by atoms with van der Waals surface area (Å²) in [5, 5.41) is 8.36. The molecule has 5 heteroatoms. The third-order valence-corrected chi connectivity index (χ3v) is 4.16. The third kappa shape index (κ3) is 5.15. The summed E-state index contributed by atoms with van der Waals surface area (Å²) in [5.74, 6) is 2.06. The van der Waals surface area contributed by atoms with E-state index in [1.807, 2.05) is 0 Å². The zero-order chi connectivity index (χ0) is 15.9. The van der Waals surface area contributed by atoms with Crippen molar-refractivity contribution in [3.05, 3.63) is 47.7 Å². The molecule has 0 aliphatic heterocycles. The van der Waals surface area contributed by atoms with Crippen LogP contribution < -0.4 is 0 Å². The lowest BCUT2D eigenvalue weighted by atomic mass is 10.1. The van der Waals surface area contributed by atoms with Gasteiger partial charge in [0, 0.05) is 19.6 Å². The maximum absolute atomic E-state index is 5.78. The summed E-state index contributed by atoms with van der Waals surface area (Å²) in [6.07, 6.45) is 4.57. The largest absolute Gasteiger partial charge is 0.424 e. The third-order valence-electron chi connectivity index (χ3n) is 4.16. The van der Waals surface area contributed by atoms with Crippen molar-refractivity contribution in [1.82, 2.24) is 15.1 Å². The Labute approximate surface area is 137 Å². The molecule has 0 amide bonds. The predicted molar refractivity (Wildman–Crippen MR) is 88.2 cm³/mol. The smallest absolute Gasteiger partial charge is 0.230 e. The summed E-state index contributed by atoms with van der Waals surface area (Å²) in [5.41, 5.74) is 1.38. The topological polar surface area (TPSA) is 51.4 Å². The molecule has 0 spiro atoms. The standard InChI is InChI=1S/C18H25N3O2/c1-22-13-12-21(11-5-8-15-6-3-2-4-7-15)14-17-19-20-18(23-17)16-9-10-16/h2-4,6-7,16H,5,8-14H2,1H3. The number of hydrogen-bond donors (Lipinski definition) is 0. The highest BCUT2D eigenvalue weighted by atomic mass is 16.5. The minimum absolute atomic E-state index is 0.516. The van der Waals surface area contributed by atoms with Crippen molar-refractivity contribution < 1.29 is 9.15 Å². The molecular formula is C18H25N3O2. The lowest BCUT2D eigenvalue weighted by molar-refractivity contribution is 0.136. The molecule has 1 aliphatic carbocycles. The molecule has 0 atom stereocenters. The zero-order valence-electron chi connectivity index (χ0n) is 13.8. The van der Waals surface area contributed by atoms with Gasteiger partial charge in [-0.25, -0.2) is 0 Å². The number of nitrogens with zero attached hydrogens (tertiary/aromatic N) is 3. The molecular weight excluding hydrogens is 290 g/mol. The van der Waals surface area contributed by atoms with Gasteiger partial charge in [0.15, 0.2) is 0 Å². The molecule has 0 unspecified atom stereocenters. The summed E-state index contributed by atoms with van der Waals surface area (Å²) < 4.78 is 11.0. The van der Waals surface area contributed by atoms with E-state index >= 15 is 0 Å². The van der Waals surface area contributed by atoms with Crippen LogP contribution in [0.4, 0.5) is 0 Å². The van der Waals surface area contributed by atoms with E-state index < -0.39 is 0 Å². The van der Waals surface area contributed by atoms with Gasteiger partial charge in [0.25, 0.3) is 0 Å². The Morgan fingerprint density at radius 2 is 2.00 bits per heavy atom. The monoisotopic (exact) mass is 315 g/mol. The lowest BCUT2D eigenvalue weighted by Gasteiger charge is -2.20. The summed E-state index contributed by atoms with van der Waals surface area (Å²) in [7, 11) is 1.74. The van der Waals surface area contributed by atoms with Gasteiger partial charge in [0.1, 0.15) is 0 Å². The van der Waals surface area contributed by atoms with Gasteiger partial charge < -0.3 is 9.15 Å². The van der Waals surface area contributed by atoms with Gasteiger partial charge in [-0.2, -0.15) is 0 Å². The van der Waals surface area contributed by atoms with Gasteiger partial charge in [-0.15, -0.1) is 10.2 Å². The SMILES string of the molecule is COCCN(CCCc1ccccc1)Cc1nnc(C2CC2)o1. The average molecular weight is 315 g/mol. The summed E-state index contributed by atoms with van der Waals surface area (Å²) in [6.45, 7) is 3.30. The van der Waals surface area contributed by atoms with Crippen LogP contribution in [0.2, 0.25) is 0 Å². The second-order valence-electron chi connectivity index (χ2n) is 6.17. The van der Waals surface area contributed by atoms with Crippen molar-refractivity contribution in [3.63, 3.8) is 0 Å². The Balaban J connectivity index is 1.49. The molecule has 0 bridgehead atoms. The van der Waals surface area contributed by atoms with Crippen LogP contribution in [0, 0.1) is 0 Å². The first-order valence-corrected chi connectivity index (χ1v) is 8.42. The zero-order valence-corrected chi connectivity index (χ0v) is 13.8. The molecule has 23 heavy (non-hydrogen) atoms. The van der Waals surface area contributed by atoms with E-state index in [4.69, 9.17) is 9.15 Å². The maximum atomic E-state index is 5.78. The quantitative estimate of drug-likeness (QED) is 0.674. The van der Waals surface area contributed by atoms with Crippen LogP contribution in [0.5, 0.6) is 0 Å². The average Bonchev–Trinajstić information content (AvgIpc) is 3.33. The van der Waals surface area contributed by atoms with Crippen molar-refractivity contribution in [2.75, 3.05) is 26.8 Å². The fraction of sp³-hybridized carbons (Fsp3) is 0.556. The van der Waals surface area contributed by atoms with E-state index in [0.29, 0.717) is 12.5 Å². The first-order chi connectivity index (χ1) is 11.3. The van der Waals surface area contributed by atoms with Crippen molar-refractivity contribution in [3.8, 4) is 0 Å². The second-order valence-corrected chi connectivity index (χ2v) is 6.17. The Hall–Kier alpha value is -1.72. The van der Waals surface area contributed by atoms with Crippen LogP contribution in [0.3, 0.4) is 0 Å². The lowest BCUT2D eigenvalue weighted by Crippen LogP contribution is -2.28. The number of hydrogen-bond acceptors (Lipinski definition) is 5. The van der Waals surface area contributed by atoms with Gasteiger partial charge in [-0.1, -0.05) is 30.3 Å². The summed E-state index contributed by atoms with van der Waals surface area (Å²) in [6, 6.07) is 10.6. The van der Waals surface area contributed by atoms with Gasteiger partial charge in [0.2, 0.25) is 11.8 Å². The van der Waals surface area contributed by atoms with E-state index in [-0.39, 0.29) is 0 Å². The number of methoxy groups -OCH3 is 1. The van der Waals surface area contributed by atoms with E-state index in [1.165, 1.54) is 18.4 Å². The maximum Gasteiger partial charge on any atom is 0.230 e. The van der Waals surface area contributed by atoms with E-state index in [9.17, 15) is 0 Å². The first kappa shape index (κ1) is 16.1. The second kappa shape index (κ2) is 8.22. The van der Waals surface area contributed by atoms with Gasteiger partial charge >= 0.3 is 0 Å². The molecule has 2 aromatic rings. The molecule has 3 rings (SSSR count). The van der Waals surface area contributed by atoms with Crippen LogP contribution >= 0.6 is 0 Å². The highest BCUT2D eigenvalue weighted by Gasteiger charge is 2.29. The van der Waals surface area contributed by atoms with E-state index in [2.05, 4.69) is 45.4 Å². The van der Waals surface area contributed by atoms with Crippen molar-refractivity contribution in [2.24, 2.45) is 0 Å². The van der Waals surface area contributed by atoms with Gasteiger partial charge in [-0.05, 0) is 37.8 Å². The molecule has 1 aromatic carbocycles. The molecule has 1 heterocycles. The number of aryl methyl sites for hydroxylation is 1. The molecule has 124 valence electrons. The molecule has 5 nitrogen and oxygen atoms in total. The fourth-order valence-electron chi connectivity index (χ4n) is 2.66. The van der Waals surface area contributed by atoms with E-state index in [0.717, 1.165) is 44.3 Å². The molecule has 1 aliphatic rings. The van der Waals surface area contributed by atoms with Crippen LogP contribution in [0.1, 0.15) is 42.5 Å². The van der Waals surface area contributed by atoms with Crippen LogP contribution in [0.15, 0.2) is 34.7 Å². The molecule has 0 radical (unpaired) electrons. The molecule has 1 aromatic heterocycles. The Morgan fingerprint density at radius 1 is 1.17 bits per heavy atom. The molecule has 0 N–H and O–H groups in total. The Kier molecular flexibility index (Phi) is 5.77. The van der Waals surface area contributed by atoms with Crippen molar-refractivity contribution in [2.45, 2.75) is 38.1 Å². The Morgan fingerprint density at radius 3 is 2.74 bits per heavy atom. The molecule has 1 fully saturated rings. The fourth-order valence-corrected chi connectivity index (χ4v) is 2.66. The summed E-state index contributed by atoms with van der Waals surface area (Å²) in [4.78, 5) is 2.33. The highest BCUT2D eigenvalue weighted by molar-refractivity contribution is 5.14. The van der Waals surface area contributed by atoms with Crippen LogP contribution in [0.25, 0.3) is 0 Å². The minimum Gasteiger partial charge on any atom is -0.424 e. The number of aromatic nitrogens is 2. The summed E-state index contributed by atoms with van der Waals surface area (Å²) >= 11 is 0.